The molecule has 66 heavy (non-hydrogen) atoms. The fourth-order valence-corrected chi connectivity index (χ4v) is 11.3. The minimum atomic E-state index is -2.07. The summed E-state index contributed by atoms with van der Waals surface area (Å²) in [4.78, 5) is 1.67. The lowest BCUT2D eigenvalue weighted by Crippen LogP contribution is -2.91. The Balaban J connectivity index is 2.38. The molecule has 3 saturated heterocycles. The molecular weight excluding hydrogens is 851 g/mol. The minimum absolute atomic E-state index is 0.125. The minimum Gasteiger partial charge on any atom is -0.394 e. The van der Waals surface area contributed by atoms with Crippen molar-refractivity contribution < 1.29 is 64.5 Å². The lowest BCUT2D eigenvalue weighted by atomic mass is 9.51. The predicted molar refractivity (Wildman–Crippen MR) is 255 cm³/mol. The van der Waals surface area contributed by atoms with Crippen molar-refractivity contribution in [2.45, 2.75) is 285 Å². The fraction of sp³-hybridized carbons (Fsp3) is 1.00. The molecule has 12 N–H and O–H groups in total. The number of hydrogen-bond acceptors (Lipinski definition) is 16. The second-order valence-corrected chi connectivity index (χ2v) is 20.4. The Kier molecular flexibility index (Phi) is 25.7. The average molecular weight is 950 g/mol. The first kappa shape index (κ1) is 59.7. The molecule has 0 aromatic rings. The number of nitrogens with zero attached hydrogens (tertiary/aromatic N) is 1. The Morgan fingerprint density at radius 2 is 1.02 bits per heavy atom. The zero-order chi connectivity index (χ0) is 49.2. The molecule has 0 aliphatic carbocycles. The van der Waals surface area contributed by atoms with Gasteiger partial charge in [0, 0.05) is 6.42 Å². The van der Waals surface area contributed by atoms with E-state index in [1.807, 2.05) is 0 Å². The summed E-state index contributed by atoms with van der Waals surface area (Å²) in [6, 6.07) is -2.32. The van der Waals surface area contributed by atoms with Gasteiger partial charge in [0.2, 0.25) is 0 Å². The molecule has 0 radical (unpaired) electrons. The molecule has 15 atom stereocenters. The largest absolute Gasteiger partial charge is 0.394 e. The Labute approximate surface area is 398 Å². The number of rotatable bonds is 33. The first-order chi connectivity index (χ1) is 31.5. The summed E-state index contributed by atoms with van der Waals surface area (Å²) in [5, 5.41) is 95.7. The fourth-order valence-electron chi connectivity index (χ4n) is 11.3. The highest BCUT2D eigenvalue weighted by atomic mass is 16.8. The molecule has 0 saturated carbocycles. The van der Waals surface area contributed by atoms with Crippen LogP contribution in [0.5, 0.6) is 0 Å². The van der Waals surface area contributed by atoms with E-state index in [9.17, 15) is 40.9 Å². The quantitative estimate of drug-likeness (QED) is 0.0402. The van der Waals surface area contributed by atoms with Crippen molar-refractivity contribution in [1.82, 2.24) is 4.90 Å². The maximum Gasteiger partial charge on any atom is 0.190 e. The van der Waals surface area contributed by atoms with Crippen molar-refractivity contribution in [2.24, 2.45) is 11.5 Å². The summed E-state index contributed by atoms with van der Waals surface area (Å²) in [5.41, 5.74) is 6.51. The summed E-state index contributed by atoms with van der Waals surface area (Å²) >= 11 is 0. The van der Waals surface area contributed by atoms with Gasteiger partial charge in [0.25, 0.3) is 0 Å². The summed E-state index contributed by atoms with van der Waals surface area (Å²) in [7, 11) is 3.41. The van der Waals surface area contributed by atoms with Crippen LogP contribution in [0.1, 0.15) is 195 Å². The van der Waals surface area contributed by atoms with Gasteiger partial charge in [-0.1, -0.05) is 157 Å². The van der Waals surface area contributed by atoms with Crippen LogP contribution >= 0.6 is 0 Å². The Hall–Kier alpha value is -0.640. The van der Waals surface area contributed by atoms with Crippen LogP contribution in [0.15, 0.2) is 0 Å². The maximum atomic E-state index is 14.2. The third-order valence-electron chi connectivity index (χ3n) is 15.4. The molecule has 2 unspecified atom stereocenters. The molecule has 392 valence electrons. The standard InChI is InChI=1S/C50H99N3O13/c1-8-13-18-23-28-46(35-56)48(60,30-25-20-15-10-3)49(61,31-26-21-16-11-4)47(52,29-24-19-14-9-2)50(66-46,32-27-22-17-12-5)65-43-37(34-55)63-45(39(41(43)58)53(6)7)64-42-36(33-54)62-44(59)38(51)40(42)57/h36-45,54-61H,8-35,51-52H2,1-7H3/t36-,37-,38-,39-,40-,41-,42?,43?,44-,45+,46-,47-,48-,49-,50+/m1/s1. The molecule has 0 spiro atoms. The van der Waals surface area contributed by atoms with Gasteiger partial charge < -0.3 is 76.0 Å². The van der Waals surface area contributed by atoms with E-state index in [1.54, 1.807) is 19.0 Å². The molecule has 0 aromatic heterocycles. The van der Waals surface area contributed by atoms with E-state index in [1.165, 1.54) is 0 Å². The van der Waals surface area contributed by atoms with Crippen LogP contribution < -0.4 is 11.5 Å². The van der Waals surface area contributed by atoms with Gasteiger partial charge in [0.1, 0.15) is 59.0 Å². The highest BCUT2D eigenvalue weighted by Crippen LogP contribution is 2.61. The van der Waals surface area contributed by atoms with Gasteiger partial charge in [-0.25, -0.2) is 0 Å². The van der Waals surface area contributed by atoms with Gasteiger partial charge in [-0.2, -0.15) is 0 Å². The Morgan fingerprint density at radius 3 is 1.48 bits per heavy atom. The van der Waals surface area contributed by atoms with Crippen LogP contribution in [-0.4, -0.2) is 169 Å². The predicted octanol–water partition coefficient (Wildman–Crippen LogP) is 4.63. The number of aliphatic hydroxyl groups is 8. The van der Waals surface area contributed by atoms with Crippen LogP contribution in [0.3, 0.4) is 0 Å². The van der Waals surface area contributed by atoms with E-state index < -0.39 is 109 Å². The van der Waals surface area contributed by atoms with Gasteiger partial charge in [-0.05, 0) is 46.2 Å². The number of likely N-dealkylation sites (N-methyl/N-ethyl adjacent to an activating group) is 1. The maximum absolute atomic E-state index is 14.2. The highest BCUT2D eigenvalue weighted by Gasteiger charge is 2.79. The number of ether oxygens (including phenoxy) is 5. The molecule has 16 heteroatoms. The Bertz CT molecular complexity index is 1320. The topological polar surface area (TPSA) is 263 Å². The van der Waals surface area contributed by atoms with E-state index in [4.69, 9.17) is 35.2 Å². The zero-order valence-corrected chi connectivity index (χ0v) is 42.3. The monoisotopic (exact) mass is 950 g/mol. The molecule has 3 aliphatic heterocycles. The third kappa shape index (κ3) is 13.3. The van der Waals surface area contributed by atoms with E-state index in [2.05, 4.69) is 34.6 Å². The lowest BCUT2D eigenvalue weighted by Gasteiger charge is -2.71. The number of nitrogens with two attached hydrogens (primary N) is 2. The molecule has 0 aromatic carbocycles. The van der Waals surface area contributed by atoms with Crippen LogP contribution in [0.4, 0.5) is 0 Å². The number of unbranched alkanes of at least 4 members (excludes halogenated alkanes) is 15. The number of hydrogen-bond donors (Lipinski definition) is 10. The number of aliphatic hydroxyl groups excluding tert-OH is 6. The van der Waals surface area contributed by atoms with Gasteiger partial charge in [-0.3, -0.25) is 4.90 Å². The molecule has 0 amide bonds. The van der Waals surface area contributed by atoms with Crippen molar-refractivity contribution in [2.75, 3.05) is 33.9 Å². The normalized spacial score (nSPS) is 38.6. The van der Waals surface area contributed by atoms with Gasteiger partial charge in [-0.15, -0.1) is 0 Å². The lowest BCUT2D eigenvalue weighted by molar-refractivity contribution is -0.463. The third-order valence-corrected chi connectivity index (χ3v) is 15.4. The van der Waals surface area contributed by atoms with Gasteiger partial charge in [0.15, 0.2) is 18.4 Å². The summed E-state index contributed by atoms with van der Waals surface area (Å²) in [6.07, 6.45) is 5.99. The molecule has 0 bridgehead atoms. The van der Waals surface area contributed by atoms with Crippen LogP contribution in [0.2, 0.25) is 0 Å². The van der Waals surface area contributed by atoms with Gasteiger partial charge in [0.05, 0.1) is 31.9 Å². The van der Waals surface area contributed by atoms with Crippen molar-refractivity contribution in [1.29, 1.82) is 0 Å². The van der Waals surface area contributed by atoms with Crippen molar-refractivity contribution >= 4 is 0 Å². The summed E-state index contributed by atoms with van der Waals surface area (Å²) in [6.45, 7) is 8.68. The van der Waals surface area contributed by atoms with Crippen LogP contribution in [-0.2, 0) is 23.7 Å². The summed E-state index contributed by atoms with van der Waals surface area (Å²) in [5.74, 6) is -1.94. The van der Waals surface area contributed by atoms with Gasteiger partial charge >= 0.3 is 0 Å². The van der Waals surface area contributed by atoms with Crippen molar-refractivity contribution in [3.05, 3.63) is 0 Å². The smallest absolute Gasteiger partial charge is 0.190 e. The first-order valence-corrected chi connectivity index (χ1v) is 26.3. The molecule has 3 heterocycles. The molecule has 16 nitrogen and oxygen atoms in total. The average Bonchev–Trinajstić information content (AvgIpc) is 3.30. The van der Waals surface area contributed by atoms with E-state index in [-0.39, 0.29) is 32.1 Å². The van der Waals surface area contributed by atoms with E-state index in [0.717, 1.165) is 96.3 Å². The Morgan fingerprint density at radius 1 is 0.561 bits per heavy atom. The highest BCUT2D eigenvalue weighted by molar-refractivity contribution is 5.29. The van der Waals surface area contributed by atoms with Crippen LogP contribution in [0.25, 0.3) is 0 Å². The second-order valence-electron chi connectivity index (χ2n) is 20.4. The second kappa shape index (κ2) is 28.4. The summed E-state index contributed by atoms with van der Waals surface area (Å²) < 4.78 is 33.4. The SMILES string of the molecule is CCCCCC[C@]1(CO)O[C@](CCCCCC)(OC2[C@@H](CO)O[C@@H](OC3[C@@H](CO)O[C@@H](O)[C@H](N)[C@H]3O)[C@H](N(C)C)[C@H]2O)[C@@](N)(CCCCCC)[C@](O)(CCCCCC)[C@@]1(O)CCCCCC. The molecule has 3 rings (SSSR count). The van der Waals surface area contributed by atoms with E-state index in [0.29, 0.717) is 32.1 Å². The molecular formula is C50H99N3O13. The molecule has 3 aliphatic rings. The zero-order valence-electron chi connectivity index (χ0n) is 42.3. The van der Waals surface area contributed by atoms with E-state index >= 15 is 0 Å². The first-order valence-electron chi connectivity index (χ1n) is 26.3. The van der Waals surface area contributed by atoms with Crippen molar-refractivity contribution in [3.63, 3.8) is 0 Å². The van der Waals surface area contributed by atoms with Crippen molar-refractivity contribution in [3.8, 4) is 0 Å². The van der Waals surface area contributed by atoms with Crippen LogP contribution in [0, 0.1) is 0 Å². The molecule has 3 fully saturated rings.